The van der Waals surface area contributed by atoms with Crippen molar-refractivity contribution >= 4 is 33.4 Å². The fraction of sp³-hybridized carbons (Fsp3) is 0.267. The van der Waals surface area contributed by atoms with Crippen molar-refractivity contribution in [3.63, 3.8) is 0 Å². The van der Waals surface area contributed by atoms with Crippen LogP contribution in [0.25, 0.3) is 0 Å². The van der Waals surface area contributed by atoms with E-state index in [2.05, 4.69) is 15.9 Å². The monoisotopic (exact) mass is 369 g/mol. The average Bonchev–Trinajstić information content (AvgIpc) is 2.97. The normalized spacial score (nSPS) is 11.9. The highest BCUT2D eigenvalue weighted by Gasteiger charge is 2.17. The molecule has 0 saturated carbocycles. The van der Waals surface area contributed by atoms with Gasteiger partial charge in [0, 0.05) is 29.4 Å². The third-order valence-corrected chi connectivity index (χ3v) is 4.45. The van der Waals surface area contributed by atoms with Gasteiger partial charge in [0.25, 0.3) is 0 Å². The molecule has 1 heterocycles. The minimum atomic E-state index is -0.928. The first-order chi connectivity index (χ1) is 10.1. The van der Waals surface area contributed by atoms with E-state index in [0.717, 1.165) is 15.1 Å². The summed E-state index contributed by atoms with van der Waals surface area (Å²) in [5, 5.41) is 10.9. The minimum Gasteiger partial charge on any atom is -0.485 e. The molecular formula is C15H16BrNO3S. The molecule has 0 radical (unpaired) electrons. The molecule has 0 bridgehead atoms. The minimum absolute atomic E-state index is 0.152. The fourth-order valence-electron chi connectivity index (χ4n) is 1.84. The molecule has 0 aliphatic carbocycles. The second-order valence-corrected chi connectivity index (χ2v) is 6.47. The Hall–Kier alpha value is -1.53. The van der Waals surface area contributed by atoms with E-state index in [0.29, 0.717) is 13.0 Å². The number of carboxylic acid groups (broad SMARTS) is 1. The third-order valence-electron chi connectivity index (χ3n) is 2.99. The summed E-state index contributed by atoms with van der Waals surface area (Å²) < 4.78 is 6.98. The van der Waals surface area contributed by atoms with E-state index in [1.807, 2.05) is 41.8 Å². The van der Waals surface area contributed by atoms with Gasteiger partial charge in [0.05, 0.1) is 0 Å². The van der Waals surface area contributed by atoms with Crippen LogP contribution in [0.2, 0.25) is 0 Å². The summed E-state index contributed by atoms with van der Waals surface area (Å²) in [6.07, 6.45) is -0.473. The van der Waals surface area contributed by atoms with Gasteiger partial charge in [-0.05, 0) is 29.6 Å². The Bertz CT molecular complexity index is 588. The van der Waals surface area contributed by atoms with Crippen molar-refractivity contribution in [1.29, 1.82) is 0 Å². The molecule has 0 aliphatic heterocycles. The first-order valence-corrected chi connectivity index (χ1v) is 8.13. The number of ether oxygens (including phenoxy) is 1. The Morgan fingerprint density at radius 1 is 1.43 bits per heavy atom. The number of nitrogens with zero attached hydrogens (tertiary/aromatic N) is 1. The van der Waals surface area contributed by atoms with E-state index >= 15 is 0 Å². The summed E-state index contributed by atoms with van der Waals surface area (Å²) in [6.45, 7) is 0.423. The van der Waals surface area contributed by atoms with Crippen LogP contribution in [-0.2, 0) is 0 Å². The molecule has 1 atom stereocenters. The molecule has 1 amide bonds. The standard InChI is InChI=1S/C15H16BrNO3S/c1-17(15(18)19)8-7-13(14-6-3-9-21-14)20-12-5-2-4-11(16)10-12/h2-6,9-10,13H,7-8H2,1H3,(H,18,19). The Morgan fingerprint density at radius 2 is 2.24 bits per heavy atom. The van der Waals surface area contributed by atoms with Gasteiger partial charge in [-0.3, -0.25) is 0 Å². The Labute approximate surface area is 136 Å². The summed E-state index contributed by atoms with van der Waals surface area (Å²) in [7, 11) is 1.56. The molecule has 1 N–H and O–H groups in total. The van der Waals surface area contributed by atoms with Crippen molar-refractivity contribution in [2.45, 2.75) is 12.5 Å². The zero-order valence-corrected chi connectivity index (χ0v) is 13.9. The number of benzene rings is 1. The fourth-order valence-corrected chi connectivity index (χ4v) is 3.01. The molecule has 1 aromatic heterocycles. The van der Waals surface area contributed by atoms with Gasteiger partial charge in [0.1, 0.15) is 11.9 Å². The van der Waals surface area contributed by atoms with E-state index in [9.17, 15) is 4.79 Å². The molecule has 0 spiro atoms. The molecule has 4 nitrogen and oxygen atoms in total. The number of rotatable bonds is 6. The largest absolute Gasteiger partial charge is 0.485 e. The van der Waals surface area contributed by atoms with Crippen molar-refractivity contribution in [2.75, 3.05) is 13.6 Å². The van der Waals surface area contributed by atoms with Gasteiger partial charge in [-0.1, -0.05) is 28.1 Å². The quantitative estimate of drug-likeness (QED) is 0.807. The molecule has 0 saturated heterocycles. The molecule has 0 fully saturated rings. The van der Waals surface area contributed by atoms with Crippen molar-refractivity contribution in [3.8, 4) is 5.75 Å². The Morgan fingerprint density at radius 3 is 2.86 bits per heavy atom. The lowest BCUT2D eigenvalue weighted by Crippen LogP contribution is -2.27. The SMILES string of the molecule is CN(CCC(Oc1cccc(Br)c1)c1cccs1)C(=O)O. The Balaban J connectivity index is 2.08. The van der Waals surface area contributed by atoms with Gasteiger partial charge >= 0.3 is 6.09 Å². The number of amides is 1. The molecule has 2 rings (SSSR count). The number of halogens is 1. The van der Waals surface area contributed by atoms with Crippen LogP contribution < -0.4 is 4.74 Å². The topological polar surface area (TPSA) is 49.8 Å². The van der Waals surface area contributed by atoms with Crippen molar-refractivity contribution in [3.05, 3.63) is 51.1 Å². The van der Waals surface area contributed by atoms with E-state index in [-0.39, 0.29) is 6.10 Å². The first kappa shape index (κ1) is 15.9. The van der Waals surface area contributed by atoms with Gasteiger partial charge in [-0.15, -0.1) is 11.3 Å². The molecule has 112 valence electrons. The van der Waals surface area contributed by atoms with Crippen molar-refractivity contribution in [1.82, 2.24) is 4.90 Å². The third kappa shape index (κ3) is 4.75. The predicted octanol–water partition coefficient (Wildman–Crippen LogP) is 4.63. The van der Waals surface area contributed by atoms with Crippen LogP contribution in [0, 0.1) is 0 Å². The van der Waals surface area contributed by atoms with Gasteiger partial charge in [-0.25, -0.2) is 4.79 Å². The van der Waals surface area contributed by atoms with Crippen LogP contribution in [0.5, 0.6) is 5.75 Å². The van der Waals surface area contributed by atoms with Crippen LogP contribution in [-0.4, -0.2) is 29.7 Å². The summed E-state index contributed by atoms with van der Waals surface area (Å²) in [5.41, 5.74) is 0. The highest BCUT2D eigenvalue weighted by molar-refractivity contribution is 9.10. The average molecular weight is 370 g/mol. The molecular weight excluding hydrogens is 354 g/mol. The maximum Gasteiger partial charge on any atom is 0.407 e. The van der Waals surface area contributed by atoms with Gasteiger partial charge in [0.2, 0.25) is 0 Å². The summed E-state index contributed by atoms with van der Waals surface area (Å²) in [5.74, 6) is 0.765. The van der Waals surface area contributed by atoms with E-state index < -0.39 is 6.09 Å². The maximum absolute atomic E-state index is 10.9. The predicted molar refractivity (Wildman–Crippen MR) is 87.1 cm³/mol. The first-order valence-electron chi connectivity index (χ1n) is 6.46. The van der Waals surface area contributed by atoms with Crippen LogP contribution in [0.3, 0.4) is 0 Å². The number of carbonyl (C=O) groups is 1. The van der Waals surface area contributed by atoms with Crippen molar-refractivity contribution in [2.24, 2.45) is 0 Å². The lowest BCUT2D eigenvalue weighted by Gasteiger charge is -2.21. The van der Waals surface area contributed by atoms with Crippen molar-refractivity contribution < 1.29 is 14.6 Å². The second-order valence-electron chi connectivity index (χ2n) is 4.57. The lowest BCUT2D eigenvalue weighted by atomic mass is 10.2. The van der Waals surface area contributed by atoms with Crippen LogP contribution in [0.4, 0.5) is 4.79 Å². The summed E-state index contributed by atoms with van der Waals surface area (Å²) in [4.78, 5) is 13.2. The van der Waals surface area contributed by atoms with Gasteiger partial charge in [-0.2, -0.15) is 0 Å². The van der Waals surface area contributed by atoms with Crippen LogP contribution in [0.15, 0.2) is 46.3 Å². The van der Waals surface area contributed by atoms with Gasteiger partial charge in [0.15, 0.2) is 0 Å². The van der Waals surface area contributed by atoms with E-state index in [1.54, 1.807) is 18.4 Å². The summed E-state index contributed by atoms with van der Waals surface area (Å²) >= 11 is 5.03. The molecule has 1 unspecified atom stereocenters. The highest BCUT2D eigenvalue weighted by Crippen LogP contribution is 2.29. The Kier molecular flexibility index (Phi) is 5.64. The highest BCUT2D eigenvalue weighted by atomic mass is 79.9. The van der Waals surface area contributed by atoms with E-state index in [1.165, 1.54) is 4.90 Å². The molecule has 1 aromatic carbocycles. The van der Waals surface area contributed by atoms with Gasteiger partial charge < -0.3 is 14.7 Å². The molecule has 0 aliphatic rings. The maximum atomic E-state index is 10.9. The molecule has 6 heteroatoms. The smallest absolute Gasteiger partial charge is 0.407 e. The zero-order chi connectivity index (χ0) is 15.2. The van der Waals surface area contributed by atoms with Crippen LogP contribution >= 0.6 is 27.3 Å². The number of thiophene rings is 1. The van der Waals surface area contributed by atoms with E-state index in [4.69, 9.17) is 9.84 Å². The molecule has 21 heavy (non-hydrogen) atoms. The summed E-state index contributed by atoms with van der Waals surface area (Å²) in [6, 6.07) is 11.6. The van der Waals surface area contributed by atoms with Crippen LogP contribution in [0.1, 0.15) is 17.4 Å². The number of hydrogen-bond acceptors (Lipinski definition) is 3. The lowest BCUT2D eigenvalue weighted by molar-refractivity contribution is 0.141. The zero-order valence-electron chi connectivity index (χ0n) is 11.5. The number of hydrogen-bond donors (Lipinski definition) is 1. The second kappa shape index (κ2) is 7.47. The molecule has 2 aromatic rings.